The first kappa shape index (κ1) is 12.4. The molecule has 2 heterocycles. The standard InChI is InChI=1S/C16H14N2O2/c1-11-18-15(12-6-8-17-9-7-12)16(20-11)13-4-3-5-14(10-13)19-2/h3-10H,1-2H3. The zero-order valence-electron chi connectivity index (χ0n) is 11.3. The Kier molecular flexibility index (Phi) is 3.21. The number of hydrogen-bond donors (Lipinski definition) is 0. The van der Waals surface area contributed by atoms with E-state index in [0.29, 0.717) is 5.89 Å². The Hall–Kier alpha value is -2.62. The number of benzene rings is 1. The van der Waals surface area contributed by atoms with Crippen LogP contribution in [0, 0.1) is 6.92 Å². The van der Waals surface area contributed by atoms with Gasteiger partial charge in [-0.3, -0.25) is 4.98 Å². The van der Waals surface area contributed by atoms with Crippen molar-refractivity contribution in [2.75, 3.05) is 7.11 Å². The Morgan fingerprint density at radius 1 is 1.05 bits per heavy atom. The Labute approximate surface area is 117 Å². The number of methoxy groups -OCH3 is 1. The molecule has 3 aromatic rings. The molecule has 1 aromatic carbocycles. The van der Waals surface area contributed by atoms with Crippen LogP contribution in [0.15, 0.2) is 53.2 Å². The summed E-state index contributed by atoms with van der Waals surface area (Å²) >= 11 is 0. The first-order valence-corrected chi connectivity index (χ1v) is 6.30. The van der Waals surface area contributed by atoms with Crippen LogP contribution in [-0.4, -0.2) is 17.1 Å². The molecule has 0 saturated heterocycles. The molecule has 0 radical (unpaired) electrons. The predicted octanol–water partition coefficient (Wildman–Crippen LogP) is 3.72. The lowest BCUT2D eigenvalue weighted by Gasteiger charge is -2.04. The van der Waals surface area contributed by atoms with Gasteiger partial charge >= 0.3 is 0 Å². The number of aromatic nitrogens is 2. The third-order valence-corrected chi connectivity index (χ3v) is 3.02. The second-order valence-corrected chi connectivity index (χ2v) is 4.38. The molecule has 0 aliphatic heterocycles. The summed E-state index contributed by atoms with van der Waals surface area (Å²) in [5, 5.41) is 0. The summed E-state index contributed by atoms with van der Waals surface area (Å²) in [6, 6.07) is 11.6. The monoisotopic (exact) mass is 266 g/mol. The summed E-state index contributed by atoms with van der Waals surface area (Å²) in [7, 11) is 1.65. The van der Waals surface area contributed by atoms with Crippen LogP contribution in [0.4, 0.5) is 0 Å². The Balaban J connectivity index is 2.14. The lowest BCUT2D eigenvalue weighted by Crippen LogP contribution is -1.85. The summed E-state index contributed by atoms with van der Waals surface area (Å²) in [5.74, 6) is 2.17. The maximum atomic E-state index is 5.77. The molecular weight excluding hydrogens is 252 g/mol. The van der Waals surface area contributed by atoms with E-state index in [4.69, 9.17) is 9.15 Å². The molecule has 4 nitrogen and oxygen atoms in total. The van der Waals surface area contributed by atoms with Crippen molar-refractivity contribution in [1.82, 2.24) is 9.97 Å². The van der Waals surface area contributed by atoms with Crippen LogP contribution >= 0.6 is 0 Å². The fourth-order valence-electron chi connectivity index (χ4n) is 2.09. The van der Waals surface area contributed by atoms with Crippen molar-refractivity contribution in [1.29, 1.82) is 0 Å². The van der Waals surface area contributed by atoms with E-state index < -0.39 is 0 Å². The molecule has 0 N–H and O–H groups in total. The van der Waals surface area contributed by atoms with Crippen molar-refractivity contribution in [3.8, 4) is 28.3 Å². The van der Waals surface area contributed by atoms with Crippen molar-refractivity contribution in [2.45, 2.75) is 6.92 Å². The van der Waals surface area contributed by atoms with E-state index >= 15 is 0 Å². The van der Waals surface area contributed by atoms with Crippen LogP contribution in [0.3, 0.4) is 0 Å². The lowest BCUT2D eigenvalue weighted by molar-refractivity contribution is 0.414. The van der Waals surface area contributed by atoms with E-state index in [1.54, 1.807) is 19.5 Å². The first-order valence-electron chi connectivity index (χ1n) is 6.30. The van der Waals surface area contributed by atoms with Crippen molar-refractivity contribution >= 4 is 0 Å². The molecule has 0 amide bonds. The fourth-order valence-corrected chi connectivity index (χ4v) is 2.09. The molecule has 0 unspecified atom stereocenters. The molecule has 0 fully saturated rings. The van der Waals surface area contributed by atoms with E-state index in [1.165, 1.54) is 0 Å². The number of ether oxygens (including phenoxy) is 1. The lowest BCUT2D eigenvalue weighted by atomic mass is 10.1. The van der Waals surface area contributed by atoms with E-state index in [0.717, 1.165) is 28.3 Å². The summed E-state index contributed by atoms with van der Waals surface area (Å²) in [6.07, 6.45) is 3.49. The van der Waals surface area contributed by atoms with Gasteiger partial charge in [0.2, 0.25) is 0 Å². The van der Waals surface area contributed by atoms with Gasteiger partial charge in [0.1, 0.15) is 11.4 Å². The smallest absolute Gasteiger partial charge is 0.192 e. The maximum Gasteiger partial charge on any atom is 0.192 e. The van der Waals surface area contributed by atoms with Crippen molar-refractivity contribution < 1.29 is 9.15 Å². The van der Waals surface area contributed by atoms with Crippen LogP contribution in [0.1, 0.15) is 5.89 Å². The van der Waals surface area contributed by atoms with Gasteiger partial charge < -0.3 is 9.15 Å². The van der Waals surface area contributed by atoms with Crippen LogP contribution < -0.4 is 4.74 Å². The van der Waals surface area contributed by atoms with E-state index in [2.05, 4.69) is 9.97 Å². The molecule has 3 rings (SSSR count). The third kappa shape index (κ3) is 2.28. The molecular formula is C16H14N2O2. The minimum atomic E-state index is 0.634. The third-order valence-electron chi connectivity index (χ3n) is 3.02. The minimum Gasteiger partial charge on any atom is -0.497 e. The number of oxazole rings is 1. The molecule has 100 valence electrons. The highest BCUT2D eigenvalue weighted by Crippen LogP contribution is 2.33. The highest BCUT2D eigenvalue weighted by atomic mass is 16.5. The van der Waals surface area contributed by atoms with Gasteiger partial charge in [-0.15, -0.1) is 0 Å². The summed E-state index contributed by atoms with van der Waals surface area (Å²) in [5.41, 5.74) is 2.74. The van der Waals surface area contributed by atoms with Crippen LogP contribution in [-0.2, 0) is 0 Å². The van der Waals surface area contributed by atoms with Crippen molar-refractivity contribution in [3.05, 3.63) is 54.7 Å². The average molecular weight is 266 g/mol. The molecule has 0 bridgehead atoms. The number of hydrogen-bond acceptors (Lipinski definition) is 4. The van der Waals surface area contributed by atoms with Crippen LogP contribution in [0.2, 0.25) is 0 Å². The van der Waals surface area contributed by atoms with Gasteiger partial charge in [0.15, 0.2) is 11.7 Å². The van der Waals surface area contributed by atoms with Crippen molar-refractivity contribution in [3.63, 3.8) is 0 Å². The van der Waals surface area contributed by atoms with Gasteiger partial charge in [0, 0.05) is 30.4 Å². The zero-order chi connectivity index (χ0) is 13.9. The van der Waals surface area contributed by atoms with Gasteiger partial charge in [0.05, 0.1) is 7.11 Å². The SMILES string of the molecule is COc1cccc(-c2oc(C)nc2-c2ccncc2)c1. The quantitative estimate of drug-likeness (QED) is 0.725. The first-order chi connectivity index (χ1) is 9.78. The molecule has 0 aliphatic rings. The topological polar surface area (TPSA) is 48.2 Å². The minimum absolute atomic E-state index is 0.634. The second kappa shape index (κ2) is 5.17. The van der Waals surface area contributed by atoms with Gasteiger partial charge in [-0.25, -0.2) is 4.98 Å². The maximum absolute atomic E-state index is 5.77. The Morgan fingerprint density at radius 2 is 1.85 bits per heavy atom. The molecule has 0 atom stereocenters. The van der Waals surface area contributed by atoms with Crippen molar-refractivity contribution in [2.24, 2.45) is 0 Å². The van der Waals surface area contributed by atoms with Gasteiger partial charge in [-0.05, 0) is 24.3 Å². The number of nitrogens with zero attached hydrogens (tertiary/aromatic N) is 2. The molecule has 0 saturated carbocycles. The van der Waals surface area contributed by atoms with Crippen LogP contribution in [0.5, 0.6) is 5.75 Å². The summed E-state index contributed by atoms with van der Waals surface area (Å²) in [4.78, 5) is 8.51. The summed E-state index contributed by atoms with van der Waals surface area (Å²) < 4.78 is 11.0. The fraction of sp³-hybridized carbons (Fsp3) is 0.125. The Bertz CT molecular complexity index is 720. The molecule has 2 aromatic heterocycles. The zero-order valence-corrected chi connectivity index (χ0v) is 11.3. The van der Waals surface area contributed by atoms with E-state index in [9.17, 15) is 0 Å². The highest BCUT2D eigenvalue weighted by Gasteiger charge is 2.15. The second-order valence-electron chi connectivity index (χ2n) is 4.38. The molecule has 20 heavy (non-hydrogen) atoms. The van der Waals surface area contributed by atoms with E-state index in [-0.39, 0.29) is 0 Å². The van der Waals surface area contributed by atoms with Gasteiger partial charge in [-0.1, -0.05) is 12.1 Å². The molecule has 0 spiro atoms. The molecule has 0 aliphatic carbocycles. The number of pyridine rings is 1. The molecule has 4 heteroatoms. The van der Waals surface area contributed by atoms with Gasteiger partial charge in [-0.2, -0.15) is 0 Å². The predicted molar refractivity (Wildman–Crippen MR) is 76.5 cm³/mol. The van der Waals surface area contributed by atoms with Crippen LogP contribution in [0.25, 0.3) is 22.6 Å². The highest BCUT2D eigenvalue weighted by molar-refractivity contribution is 5.77. The number of rotatable bonds is 3. The Morgan fingerprint density at radius 3 is 2.60 bits per heavy atom. The van der Waals surface area contributed by atoms with E-state index in [1.807, 2.05) is 43.3 Å². The summed E-state index contributed by atoms with van der Waals surface area (Å²) in [6.45, 7) is 1.84. The largest absolute Gasteiger partial charge is 0.497 e. The number of aryl methyl sites for hydroxylation is 1. The average Bonchev–Trinajstić information content (AvgIpc) is 2.90. The normalized spacial score (nSPS) is 10.5. The van der Waals surface area contributed by atoms with Gasteiger partial charge in [0.25, 0.3) is 0 Å².